The van der Waals surface area contributed by atoms with Crippen molar-refractivity contribution in [2.24, 2.45) is 0 Å². The SMILES string of the molecule is CCOC(=O)c1c2nc(c(-c3c(C)cc(C)cc3C)c3nc(c(C(=O)OCc4ccccc4)c4ccc(cc5ccc1[nH]5)[nH]4)C=C3)C=C2. The molecule has 0 unspecified atom stereocenters. The Kier molecular flexibility index (Phi) is 8.07. The summed E-state index contributed by atoms with van der Waals surface area (Å²) in [5, 5.41) is 0. The molecule has 8 nitrogen and oxygen atoms in total. The van der Waals surface area contributed by atoms with Crippen LogP contribution in [0.25, 0.3) is 57.5 Å². The molecular formula is C40H34N4O4. The van der Waals surface area contributed by atoms with Crippen LogP contribution in [0.3, 0.4) is 0 Å². The summed E-state index contributed by atoms with van der Waals surface area (Å²) < 4.78 is 11.3. The van der Waals surface area contributed by atoms with Crippen LogP contribution in [-0.4, -0.2) is 38.5 Å². The van der Waals surface area contributed by atoms with Gasteiger partial charge in [0.25, 0.3) is 0 Å². The molecule has 0 fully saturated rings. The first-order chi connectivity index (χ1) is 23.3. The second-order valence-electron chi connectivity index (χ2n) is 11.9. The third-order valence-electron chi connectivity index (χ3n) is 8.39. The number of H-pyrrole nitrogens is 2. The van der Waals surface area contributed by atoms with Gasteiger partial charge >= 0.3 is 11.9 Å². The molecule has 238 valence electrons. The smallest absolute Gasteiger partial charge is 0.342 e. The number of esters is 2. The van der Waals surface area contributed by atoms with E-state index >= 15 is 0 Å². The maximum Gasteiger partial charge on any atom is 0.342 e. The summed E-state index contributed by atoms with van der Waals surface area (Å²) in [6, 6.07) is 23.2. The molecule has 0 aliphatic carbocycles. The van der Waals surface area contributed by atoms with Gasteiger partial charge < -0.3 is 19.4 Å². The van der Waals surface area contributed by atoms with E-state index in [1.165, 1.54) is 0 Å². The van der Waals surface area contributed by atoms with Crippen LogP contribution in [0.1, 0.15) is 72.7 Å². The first kappa shape index (κ1) is 30.6. The molecule has 0 radical (unpaired) electrons. The molecule has 2 N–H and O–H groups in total. The number of hydrogen-bond donors (Lipinski definition) is 2. The van der Waals surface area contributed by atoms with E-state index in [0.717, 1.165) is 44.4 Å². The molecule has 0 atom stereocenters. The molecule has 0 spiro atoms. The summed E-state index contributed by atoms with van der Waals surface area (Å²) in [7, 11) is 0. The largest absolute Gasteiger partial charge is 0.462 e. The Labute approximate surface area is 277 Å². The Morgan fingerprint density at radius 1 is 0.625 bits per heavy atom. The first-order valence-corrected chi connectivity index (χ1v) is 15.9. The lowest BCUT2D eigenvalue weighted by Crippen LogP contribution is -2.08. The molecule has 2 aromatic carbocycles. The number of aromatic nitrogens is 4. The van der Waals surface area contributed by atoms with Gasteiger partial charge in [-0.25, -0.2) is 19.6 Å². The topological polar surface area (TPSA) is 110 Å². The number of nitrogens with one attached hydrogen (secondary N) is 2. The maximum absolute atomic E-state index is 13.9. The van der Waals surface area contributed by atoms with Gasteiger partial charge in [-0.2, -0.15) is 0 Å². The molecule has 8 heteroatoms. The number of ether oxygens (including phenoxy) is 2. The zero-order valence-corrected chi connectivity index (χ0v) is 27.2. The van der Waals surface area contributed by atoms with Crippen molar-refractivity contribution >= 4 is 58.3 Å². The Morgan fingerprint density at radius 3 is 1.69 bits per heavy atom. The predicted molar refractivity (Wildman–Crippen MR) is 190 cm³/mol. The highest BCUT2D eigenvalue weighted by Gasteiger charge is 2.24. The van der Waals surface area contributed by atoms with Gasteiger partial charge in [-0.05, 0) is 105 Å². The molecule has 7 rings (SSSR count). The molecule has 2 aliphatic rings. The van der Waals surface area contributed by atoms with Crippen LogP contribution >= 0.6 is 0 Å². The highest BCUT2D eigenvalue weighted by atomic mass is 16.5. The van der Waals surface area contributed by atoms with Crippen molar-refractivity contribution in [2.75, 3.05) is 6.61 Å². The van der Waals surface area contributed by atoms with Crippen LogP contribution in [0.15, 0.2) is 72.8 Å². The molecule has 48 heavy (non-hydrogen) atoms. The highest BCUT2D eigenvalue weighted by molar-refractivity contribution is 6.04. The summed E-state index contributed by atoms with van der Waals surface area (Å²) in [5.41, 5.74) is 11.5. The van der Waals surface area contributed by atoms with E-state index < -0.39 is 11.9 Å². The van der Waals surface area contributed by atoms with Gasteiger partial charge in [0.15, 0.2) is 0 Å². The summed E-state index contributed by atoms with van der Waals surface area (Å²) in [6.45, 7) is 8.35. The van der Waals surface area contributed by atoms with Crippen LogP contribution in [0.5, 0.6) is 0 Å². The summed E-state index contributed by atoms with van der Waals surface area (Å²) in [6.07, 6.45) is 7.48. The van der Waals surface area contributed by atoms with Gasteiger partial charge in [-0.3, -0.25) is 0 Å². The minimum Gasteiger partial charge on any atom is -0.462 e. The number of aromatic amines is 2. The number of fused-ring (bicyclic) bond motifs is 8. The van der Waals surface area contributed by atoms with Gasteiger partial charge in [0, 0.05) is 16.6 Å². The summed E-state index contributed by atoms with van der Waals surface area (Å²) in [4.78, 5) is 44.1. The van der Waals surface area contributed by atoms with Crippen molar-refractivity contribution in [1.29, 1.82) is 0 Å². The molecule has 3 aromatic heterocycles. The third kappa shape index (κ3) is 5.84. The number of hydrogen-bond acceptors (Lipinski definition) is 6. The average molecular weight is 635 g/mol. The van der Waals surface area contributed by atoms with Gasteiger partial charge in [0.2, 0.25) is 0 Å². The zero-order valence-electron chi connectivity index (χ0n) is 27.2. The minimum absolute atomic E-state index is 0.125. The van der Waals surface area contributed by atoms with E-state index in [0.29, 0.717) is 44.9 Å². The van der Waals surface area contributed by atoms with Crippen LogP contribution in [0.2, 0.25) is 0 Å². The maximum atomic E-state index is 13.9. The number of carbonyl (C=O) groups excluding carboxylic acids is 2. The van der Waals surface area contributed by atoms with E-state index in [2.05, 4.69) is 42.9 Å². The molecular weight excluding hydrogens is 600 g/mol. The molecule has 0 amide bonds. The fraction of sp³-hybridized carbons (Fsp3) is 0.150. The predicted octanol–water partition coefficient (Wildman–Crippen LogP) is 8.78. The number of nitrogens with zero attached hydrogens (tertiary/aromatic N) is 2. The van der Waals surface area contributed by atoms with E-state index in [1.54, 1.807) is 6.92 Å². The summed E-state index contributed by atoms with van der Waals surface area (Å²) in [5.74, 6) is -0.961. The first-order valence-electron chi connectivity index (χ1n) is 15.9. The Hall–Kier alpha value is -6.02. The van der Waals surface area contributed by atoms with E-state index in [1.807, 2.05) is 85.0 Å². The van der Waals surface area contributed by atoms with Crippen molar-refractivity contribution in [3.63, 3.8) is 0 Å². The summed E-state index contributed by atoms with van der Waals surface area (Å²) >= 11 is 0. The van der Waals surface area contributed by atoms with Crippen molar-refractivity contribution < 1.29 is 19.1 Å². The Morgan fingerprint density at radius 2 is 1.15 bits per heavy atom. The average Bonchev–Trinajstić information content (AvgIpc) is 3.89. The fourth-order valence-electron chi connectivity index (χ4n) is 6.40. The van der Waals surface area contributed by atoms with E-state index in [-0.39, 0.29) is 13.2 Å². The molecule has 2 aliphatic heterocycles. The quantitative estimate of drug-likeness (QED) is 0.177. The highest BCUT2D eigenvalue weighted by Crippen LogP contribution is 2.37. The molecule has 0 saturated carbocycles. The van der Waals surface area contributed by atoms with Gasteiger partial charge in [0.1, 0.15) is 17.7 Å². The Bertz CT molecular complexity index is 2300. The standard InChI is InChI=1S/C40H34N4O4/c1-5-47-39(45)37-31-13-11-27(41-31)21-28-12-14-32(42-28)38(40(46)48-22-26-9-7-6-8-10-26)34-18-16-30(44-34)36(29-15-17-33(37)43-29)35-24(3)19-23(2)20-25(35)4/h6-21,41-42H,5,22H2,1-4H3. The van der Waals surface area contributed by atoms with Crippen LogP contribution in [0.4, 0.5) is 0 Å². The minimum atomic E-state index is -0.494. The fourth-order valence-corrected chi connectivity index (χ4v) is 6.40. The number of rotatable bonds is 6. The molecule has 5 aromatic rings. The van der Waals surface area contributed by atoms with Gasteiger partial charge in [0.05, 0.1) is 40.4 Å². The van der Waals surface area contributed by atoms with Gasteiger partial charge in [-0.15, -0.1) is 0 Å². The lowest BCUT2D eigenvalue weighted by atomic mass is 9.92. The zero-order chi connectivity index (χ0) is 33.4. The Balaban J connectivity index is 1.56. The number of benzene rings is 2. The van der Waals surface area contributed by atoms with Crippen molar-refractivity contribution in [2.45, 2.75) is 34.3 Å². The number of carbonyl (C=O) groups is 2. The lowest BCUT2D eigenvalue weighted by Gasteiger charge is -2.13. The van der Waals surface area contributed by atoms with Crippen molar-refractivity contribution in [1.82, 2.24) is 19.9 Å². The van der Waals surface area contributed by atoms with Crippen molar-refractivity contribution in [3.8, 4) is 11.1 Å². The van der Waals surface area contributed by atoms with Crippen LogP contribution in [-0.2, 0) is 16.1 Å². The second-order valence-corrected chi connectivity index (χ2v) is 11.9. The van der Waals surface area contributed by atoms with Crippen LogP contribution in [0, 0.1) is 20.8 Å². The molecule has 5 heterocycles. The van der Waals surface area contributed by atoms with E-state index in [4.69, 9.17) is 19.4 Å². The van der Waals surface area contributed by atoms with Crippen molar-refractivity contribution in [3.05, 3.63) is 129 Å². The normalized spacial score (nSPS) is 11.9. The lowest BCUT2D eigenvalue weighted by molar-refractivity contribution is 0.0472. The number of aryl methyl sites for hydroxylation is 3. The van der Waals surface area contributed by atoms with Crippen LogP contribution < -0.4 is 0 Å². The molecule has 0 saturated heterocycles. The van der Waals surface area contributed by atoms with E-state index in [9.17, 15) is 9.59 Å². The second kappa shape index (κ2) is 12.6. The third-order valence-corrected chi connectivity index (χ3v) is 8.39. The monoisotopic (exact) mass is 634 g/mol. The molecule has 8 bridgehead atoms. The van der Waals surface area contributed by atoms with Gasteiger partial charge in [-0.1, -0.05) is 48.0 Å².